The number of alkyl halides is 6. The lowest BCUT2D eigenvalue weighted by atomic mass is 9.84. The van der Waals surface area contributed by atoms with Gasteiger partial charge in [-0.2, -0.15) is 34.8 Å². The number of hydrogen-bond donors (Lipinski definition) is 0. The maximum atomic E-state index is 12.8. The highest BCUT2D eigenvalue weighted by atomic mass is 32.2. The van der Waals surface area contributed by atoms with E-state index in [1.54, 1.807) is 0 Å². The summed E-state index contributed by atoms with van der Waals surface area (Å²) in [6.07, 6.45) is -4.93. The second kappa shape index (κ2) is 6.60. The highest BCUT2D eigenvalue weighted by Gasteiger charge is 2.50. The summed E-state index contributed by atoms with van der Waals surface area (Å²) in [4.78, 5) is 0. The zero-order valence-electron chi connectivity index (χ0n) is 11.2. The zero-order valence-corrected chi connectivity index (χ0v) is 12.1. The molecule has 0 saturated heterocycles. The van der Waals surface area contributed by atoms with E-state index in [0.29, 0.717) is 0 Å². The average Bonchev–Trinajstić information content (AvgIpc) is 2.36. The largest absolute Gasteiger partial charge is 0.536 e. The van der Waals surface area contributed by atoms with E-state index in [-0.39, 0.29) is 31.8 Å². The molecule has 0 N–H and O–H groups in total. The van der Waals surface area contributed by atoms with E-state index in [1.807, 2.05) is 0 Å². The maximum Gasteiger partial charge on any atom is 0.536 e. The normalized spacial score (nSPS) is 25.1. The zero-order chi connectivity index (χ0) is 17.2. The van der Waals surface area contributed by atoms with Gasteiger partial charge in [0, 0.05) is 13.0 Å². The van der Waals surface area contributed by atoms with Gasteiger partial charge in [0.05, 0.1) is 6.10 Å². The van der Waals surface area contributed by atoms with Crippen LogP contribution in [-0.4, -0.2) is 39.0 Å². The Morgan fingerprint density at radius 1 is 1.05 bits per heavy atom. The third-order valence-corrected chi connectivity index (χ3v) is 4.04. The van der Waals surface area contributed by atoms with E-state index in [9.17, 15) is 34.8 Å². The number of halogens is 6. The molecule has 130 valence electrons. The van der Waals surface area contributed by atoms with Crippen molar-refractivity contribution in [1.82, 2.24) is 0 Å². The number of oxime groups is 1. The summed E-state index contributed by atoms with van der Waals surface area (Å²) >= 11 is 0. The summed E-state index contributed by atoms with van der Waals surface area (Å²) < 4.78 is 104. The first-order chi connectivity index (χ1) is 9.88. The van der Waals surface area contributed by atoms with E-state index in [2.05, 4.69) is 9.44 Å². The minimum Gasteiger partial charge on any atom is -0.381 e. The molecule has 12 heteroatoms. The monoisotopic (exact) mass is 357 g/mol. The lowest BCUT2D eigenvalue weighted by Gasteiger charge is -2.28. The van der Waals surface area contributed by atoms with Crippen molar-refractivity contribution in [2.45, 2.75) is 43.5 Å². The van der Waals surface area contributed by atoms with Crippen molar-refractivity contribution in [3.05, 3.63) is 0 Å². The van der Waals surface area contributed by atoms with Gasteiger partial charge < -0.3 is 4.74 Å². The molecule has 0 spiro atoms. The van der Waals surface area contributed by atoms with E-state index >= 15 is 0 Å². The molecule has 1 fully saturated rings. The fourth-order valence-electron chi connectivity index (χ4n) is 2.06. The highest BCUT2D eigenvalue weighted by molar-refractivity contribution is 7.87. The first kappa shape index (κ1) is 19.0. The van der Waals surface area contributed by atoms with Gasteiger partial charge >= 0.3 is 21.8 Å². The molecule has 0 radical (unpaired) electrons. The first-order valence-electron chi connectivity index (χ1n) is 6.06. The quantitative estimate of drug-likeness (QED) is 0.336. The van der Waals surface area contributed by atoms with Crippen molar-refractivity contribution in [3.8, 4) is 0 Å². The summed E-state index contributed by atoms with van der Waals surface area (Å²) in [7, 11) is -4.83. The molecule has 0 aromatic heterocycles. The Balaban J connectivity index is 2.94. The van der Waals surface area contributed by atoms with E-state index < -0.39 is 33.4 Å². The van der Waals surface area contributed by atoms with Gasteiger partial charge in [0.25, 0.3) is 0 Å². The molecule has 0 atom stereocenters. The van der Waals surface area contributed by atoms with Gasteiger partial charge in [-0.15, -0.1) is 0 Å². The van der Waals surface area contributed by atoms with Crippen molar-refractivity contribution in [3.63, 3.8) is 0 Å². The van der Waals surface area contributed by atoms with Gasteiger partial charge in [-0.05, 0) is 25.7 Å². The molecule has 22 heavy (non-hydrogen) atoms. The van der Waals surface area contributed by atoms with Crippen LogP contribution in [0.4, 0.5) is 26.3 Å². The lowest BCUT2D eigenvalue weighted by Crippen LogP contribution is -2.35. The SMILES string of the molecule is COC1CCC(/C(=N/OS(=O)(=O)C(F)(F)F)C(F)(F)F)CC1. The van der Waals surface area contributed by atoms with Crippen LogP contribution in [0, 0.1) is 5.92 Å². The van der Waals surface area contributed by atoms with Crippen LogP contribution in [0.1, 0.15) is 25.7 Å². The summed E-state index contributed by atoms with van der Waals surface area (Å²) in [6, 6.07) is 0. The molecule has 1 rings (SSSR count). The summed E-state index contributed by atoms with van der Waals surface area (Å²) in [5.41, 5.74) is -7.52. The van der Waals surface area contributed by atoms with Crippen LogP contribution in [0.2, 0.25) is 0 Å². The molecule has 0 bridgehead atoms. The van der Waals surface area contributed by atoms with E-state index in [1.165, 1.54) is 7.11 Å². The van der Waals surface area contributed by atoms with E-state index in [0.717, 1.165) is 0 Å². The molecule has 0 aromatic rings. The summed E-state index contributed by atoms with van der Waals surface area (Å²) in [5, 5.41) is 2.25. The molecule has 0 aliphatic heterocycles. The molecule has 0 aromatic carbocycles. The third kappa shape index (κ3) is 4.73. The number of nitrogens with zero attached hydrogens (tertiary/aromatic N) is 1. The Labute approximate surface area is 122 Å². The van der Waals surface area contributed by atoms with Gasteiger partial charge in [0.2, 0.25) is 0 Å². The number of ether oxygens (including phenoxy) is 1. The van der Waals surface area contributed by atoms with Crippen molar-refractivity contribution >= 4 is 15.8 Å². The third-order valence-electron chi connectivity index (χ3n) is 3.20. The lowest BCUT2D eigenvalue weighted by molar-refractivity contribution is -0.0692. The minimum atomic E-state index is -6.22. The molecular weight excluding hydrogens is 344 g/mol. The van der Waals surface area contributed by atoms with Gasteiger partial charge in [-0.25, -0.2) is 0 Å². The van der Waals surface area contributed by atoms with Crippen LogP contribution in [-0.2, 0) is 19.1 Å². The number of hydrogen-bond acceptors (Lipinski definition) is 5. The number of methoxy groups -OCH3 is 1. The Hall–Kier alpha value is -1.04. The van der Waals surface area contributed by atoms with Crippen LogP contribution in [0.5, 0.6) is 0 Å². The smallest absolute Gasteiger partial charge is 0.381 e. The van der Waals surface area contributed by atoms with Gasteiger partial charge in [-0.1, -0.05) is 5.16 Å². The predicted molar refractivity (Wildman–Crippen MR) is 62.3 cm³/mol. The van der Waals surface area contributed by atoms with Crippen LogP contribution < -0.4 is 0 Å². The van der Waals surface area contributed by atoms with Gasteiger partial charge in [0.15, 0.2) is 5.71 Å². The molecule has 0 unspecified atom stereocenters. The Bertz CT molecular complexity index is 504. The topological polar surface area (TPSA) is 65.0 Å². The molecular formula is C10H13F6NO4S. The highest BCUT2D eigenvalue weighted by Crippen LogP contribution is 2.34. The van der Waals surface area contributed by atoms with Crippen molar-refractivity contribution in [2.75, 3.05) is 7.11 Å². The molecule has 1 aliphatic rings. The Morgan fingerprint density at radius 2 is 1.55 bits per heavy atom. The van der Waals surface area contributed by atoms with Crippen molar-refractivity contribution < 1.29 is 43.8 Å². The molecule has 0 amide bonds. The van der Waals surface area contributed by atoms with Crippen molar-refractivity contribution in [1.29, 1.82) is 0 Å². The van der Waals surface area contributed by atoms with Crippen LogP contribution in [0.25, 0.3) is 0 Å². The molecule has 5 nitrogen and oxygen atoms in total. The van der Waals surface area contributed by atoms with E-state index in [4.69, 9.17) is 4.74 Å². The molecule has 0 heterocycles. The number of rotatable bonds is 4. The standard InChI is InChI=1S/C10H13F6NO4S/c1-20-7-4-2-6(3-5-7)8(9(11,12)13)17-21-22(18,19)10(14,15)16/h6-7H,2-5H2,1H3/b17-8-. The average molecular weight is 357 g/mol. The predicted octanol–water partition coefficient (Wildman–Crippen LogP) is 2.98. The second-order valence-corrected chi connectivity index (χ2v) is 6.18. The summed E-state index contributed by atoms with van der Waals surface area (Å²) in [6.45, 7) is 0. The Morgan fingerprint density at radius 3 is 1.91 bits per heavy atom. The molecule has 1 saturated carbocycles. The Kier molecular flexibility index (Phi) is 5.71. The second-order valence-electron chi connectivity index (χ2n) is 4.66. The van der Waals surface area contributed by atoms with Crippen molar-refractivity contribution in [2.24, 2.45) is 11.1 Å². The van der Waals surface area contributed by atoms with Crippen LogP contribution >= 0.6 is 0 Å². The first-order valence-corrected chi connectivity index (χ1v) is 7.47. The van der Waals surface area contributed by atoms with Crippen LogP contribution in [0.15, 0.2) is 5.16 Å². The minimum absolute atomic E-state index is 0.0493. The van der Waals surface area contributed by atoms with Gasteiger partial charge in [-0.3, -0.25) is 4.28 Å². The fourth-order valence-corrected chi connectivity index (χ4v) is 2.32. The molecule has 1 aliphatic carbocycles. The van der Waals surface area contributed by atoms with Gasteiger partial charge in [0.1, 0.15) is 0 Å². The fraction of sp³-hybridized carbons (Fsp3) is 0.900. The van der Waals surface area contributed by atoms with Crippen LogP contribution in [0.3, 0.4) is 0 Å². The maximum absolute atomic E-state index is 12.8. The summed E-state index contributed by atoms with van der Waals surface area (Å²) in [5.74, 6) is -1.24.